The zero-order valence-electron chi connectivity index (χ0n) is 18.0. The van der Waals surface area contributed by atoms with Crippen LogP contribution < -0.4 is 0 Å². The van der Waals surface area contributed by atoms with Gasteiger partial charge < -0.3 is 0 Å². The van der Waals surface area contributed by atoms with Crippen molar-refractivity contribution in [2.75, 3.05) is 0 Å². The van der Waals surface area contributed by atoms with Gasteiger partial charge in [-0.2, -0.15) is 0 Å². The van der Waals surface area contributed by atoms with Crippen LogP contribution in [0.2, 0.25) is 10.6 Å². The number of hydrogen-bond acceptors (Lipinski definition) is 0. The summed E-state index contributed by atoms with van der Waals surface area (Å²) in [5, 5.41) is 3.07. The molecule has 0 aromatic rings. The van der Waals surface area contributed by atoms with Crippen LogP contribution in [0, 0.1) is 23.7 Å². The van der Waals surface area contributed by atoms with Crippen LogP contribution in [0.5, 0.6) is 0 Å². The lowest BCUT2D eigenvalue weighted by atomic mass is 9.64. The van der Waals surface area contributed by atoms with Crippen LogP contribution in [0.25, 0.3) is 0 Å². The summed E-state index contributed by atoms with van der Waals surface area (Å²) in [4.78, 5) is 0. The first kappa shape index (κ1) is 21.7. The van der Waals surface area contributed by atoms with Crippen molar-refractivity contribution in [1.82, 2.24) is 0 Å². The van der Waals surface area contributed by atoms with Gasteiger partial charge in [0.25, 0.3) is 14.1 Å². The van der Waals surface area contributed by atoms with E-state index in [-0.39, 0.29) is 0 Å². The Hall–Kier alpha value is 0.962. The lowest BCUT2D eigenvalue weighted by molar-refractivity contribution is 0.0959. The molecule has 3 fully saturated rings. The molecule has 2 unspecified atom stereocenters. The molecule has 0 spiro atoms. The van der Waals surface area contributed by atoms with Gasteiger partial charge >= 0.3 is 0 Å². The molecule has 2 atom stereocenters. The molecule has 0 N–H and O–H groups in total. The van der Waals surface area contributed by atoms with Gasteiger partial charge in [-0.1, -0.05) is 125 Å². The summed E-state index contributed by atoms with van der Waals surface area (Å²) in [7, 11) is 3.71. The van der Waals surface area contributed by atoms with Crippen molar-refractivity contribution in [2.24, 2.45) is 23.7 Å². The van der Waals surface area contributed by atoms with E-state index in [9.17, 15) is 0 Å². The number of hydrogen-bond donors (Lipinski definition) is 0. The molecule has 0 radical (unpaired) electrons. The molecule has 26 heavy (non-hydrogen) atoms. The van der Waals surface area contributed by atoms with Gasteiger partial charge in [-0.25, -0.2) is 0 Å². The van der Waals surface area contributed by atoms with Crippen LogP contribution in [0.3, 0.4) is 0 Å². The van der Waals surface area contributed by atoms with Gasteiger partial charge in [-0.05, 0) is 23.7 Å². The fourth-order valence-electron chi connectivity index (χ4n) is 7.66. The highest BCUT2D eigenvalue weighted by Crippen LogP contribution is 2.56. The monoisotopic (exact) mass is 392 g/mol. The smallest absolute Gasteiger partial charge is 0.144 e. The highest BCUT2D eigenvalue weighted by Gasteiger charge is 2.52. The lowest BCUT2D eigenvalue weighted by Crippen LogP contribution is -2.57. The summed E-state index contributed by atoms with van der Waals surface area (Å²) in [6, 6.07) is 0. The van der Waals surface area contributed by atoms with Crippen molar-refractivity contribution in [2.45, 2.75) is 125 Å². The Morgan fingerprint density at radius 2 is 1.08 bits per heavy atom. The summed E-state index contributed by atoms with van der Waals surface area (Å²) >= 11 is -0.732. The molecule has 0 saturated heterocycles. The van der Waals surface area contributed by atoms with Gasteiger partial charge in [0.2, 0.25) is 0 Å². The van der Waals surface area contributed by atoms with E-state index in [1.165, 1.54) is 68.4 Å². The molecule has 0 nitrogen and oxygen atoms in total. The Labute approximate surface area is 171 Å². The molecular formula is C24H46AlP. The first-order chi connectivity index (χ1) is 12.7. The van der Waals surface area contributed by atoms with Crippen molar-refractivity contribution in [3.05, 3.63) is 0 Å². The summed E-state index contributed by atoms with van der Waals surface area (Å²) in [6.45, 7) is 5.11. The van der Waals surface area contributed by atoms with Crippen LogP contribution >= 0.6 is 9.24 Å². The summed E-state index contributed by atoms with van der Waals surface area (Å²) in [5.41, 5.74) is 0. The maximum absolute atomic E-state index is 3.71. The second-order valence-electron chi connectivity index (χ2n) is 10.2. The van der Waals surface area contributed by atoms with Crippen molar-refractivity contribution in [3.8, 4) is 0 Å². The predicted molar refractivity (Wildman–Crippen MR) is 122 cm³/mol. The van der Waals surface area contributed by atoms with Gasteiger partial charge in [-0.3, -0.25) is 0 Å². The van der Waals surface area contributed by atoms with Gasteiger partial charge in [0.05, 0.1) is 0 Å². The highest BCUT2D eigenvalue weighted by atomic mass is 31.0. The third-order valence-corrected chi connectivity index (χ3v) is 15.4. The zero-order valence-corrected chi connectivity index (χ0v) is 20.3. The van der Waals surface area contributed by atoms with Crippen LogP contribution in [0.4, 0.5) is 0 Å². The zero-order chi connectivity index (χ0) is 18.4. The minimum absolute atomic E-state index is 0.675. The topological polar surface area (TPSA) is 0 Å². The van der Waals surface area contributed by atoms with E-state index in [1.54, 1.807) is 38.5 Å². The van der Waals surface area contributed by atoms with E-state index in [1.807, 2.05) is 0 Å². The molecule has 0 aliphatic heterocycles. The van der Waals surface area contributed by atoms with E-state index >= 15 is 0 Å². The van der Waals surface area contributed by atoms with E-state index in [4.69, 9.17) is 0 Å². The number of rotatable bonds is 7. The standard InChI is InChI=1S/C20H36P.2C2H5.Al/c21-20(18-14-8-3-9-15-18)19(16-10-4-1-5-11-16)17-12-6-2-7-13-17;2*1-2;/h16-19H,1-15,21H2;2*1H2,2H3;. The summed E-state index contributed by atoms with van der Waals surface area (Å²) in [5.74, 6) is 4.25. The minimum Gasteiger partial charge on any atom is -0.144 e. The second-order valence-corrected chi connectivity index (χ2v) is 15.9. The van der Waals surface area contributed by atoms with E-state index in [0.29, 0.717) is 4.02 Å². The maximum atomic E-state index is 3.71. The normalized spacial score (nSPS) is 26.8. The first-order valence-electron chi connectivity index (χ1n) is 12.5. The van der Waals surface area contributed by atoms with Crippen molar-refractivity contribution < 1.29 is 0 Å². The van der Waals surface area contributed by atoms with Gasteiger partial charge in [0.1, 0.15) is 0 Å². The molecule has 0 aromatic heterocycles. The molecule has 0 aromatic carbocycles. The minimum atomic E-state index is -0.732. The molecule has 0 heterocycles. The Morgan fingerprint density at radius 1 is 0.692 bits per heavy atom. The fourth-order valence-corrected chi connectivity index (χ4v) is 14.0. The van der Waals surface area contributed by atoms with Crippen LogP contribution in [-0.2, 0) is 0 Å². The van der Waals surface area contributed by atoms with Crippen molar-refractivity contribution in [3.63, 3.8) is 0 Å². The molecule has 3 rings (SSSR count). The molecule has 0 bridgehead atoms. The predicted octanol–water partition coefficient (Wildman–Crippen LogP) is 8.03. The molecule has 0 amide bonds. The maximum Gasteiger partial charge on any atom is 0.275 e. The average Bonchev–Trinajstić information content (AvgIpc) is 2.71. The van der Waals surface area contributed by atoms with E-state index < -0.39 is 14.1 Å². The average molecular weight is 393 g/mol. The quantitative estimate of drug-likeness (QED) is 0.304. The van der Waals surface area contributed by atoms with Crippen molar-refractivity contribution in [1.29, 1.82) is 0 Å². The summed E-state index contributed by atoms with van der Waals surface area (Å²) < 4.78 is 0.675. The van der Waals surface area contributed by atoms with Crippen LogP contribution in [0.15, 0.2) is 0 Å². The second kappa shape index (κ2) is 10.7. The molecule has 2 heteroatoms. The Balaban J connectivity index is 1.95. The van der Waals surface area contributed by atoms with Gasteiger partial charge in [0.15, 0.2) is 0 Å². The molecular weight excluding hydrogens is 346 g/mol. The Bertz CT molecular complexity index is 371. The van der Waals surface area contributed by atoms with Crippen LogP contribution in [-0.4, -0.2) is 18.2 Å². The third kappa shape index (κ3) is 4.74. The van der Waals surface area contributed by atoms with Gasteiger partial charge in [0, 0.05) is 0 Å². The SMILES string of the molecule is C[CH2][Al]([CH2]C)[C](P)(C1CCCCC1)C(C1CCCCC1)C1CCCCC1. The molecule has 3 saturated carbocycles. The first-order valence-corrected chi connectivity index (χ1v) is 15.3. The summed E-state index contributed by atoms with van der Waals surface area (Å²) in [6.07, 6.45) is 23.1. The molecule has 150 valence electrons. The van der Waals surface area contributed by atoms with Gasteiger partial charge in [-0.15, -0.1) is 9.24 Å². The van der Waals surface area contributed by atoms with E-state index in [0.717, 1.165) is 23.7 Å². The molecule has 3 aliphatic rings. The lowest BCUT2D eigenvalue weighted by Gasteiger charge is -2.55. The Morgan fingerprint density at radius 3 is 1.46 bits per heavy atom. The van der Waals surface area contributed by atoms with Crippen molar-refractivity contribution >= 4 is 23.4 Å². The van der Waals surface area contributed by atoms with E-state index in [2.05, 4.69) is 23.1 Å². The third-order valence-electron chi connectivity index (χ3n) is 8.90. The highest BCUT2D eigenvalue weighted by molar-refractivity contribution is 7.25. The largest absolute Gasteiger partial charge is 0.275 e. The van der Waals surface area contributed by atoms with Crippen LogP contribution in [0.1, 0.15) is 110 Å². The fraction of sp³-hybridized carbons (Fsp3) is 1.00. The Kier molecular flexibility index (Phi) is 8.88. The molecule has 3 aliphatic carbocycles.